The number of carbonyl (C=O) groups excluding carboxylic acids is 2. The molecule has 0 radical (unpaired) electrons. The fourth-order valence-corrected chi connectivity index (χ4v) is 3.40. The predicted octanol–water partition coefficient (Wildman–Crippen LogP) is 0.307. The number of piperidine rings is 1. The van der Waals surface area contributed by atoms with Crippen LogP contribution in [-0.2, 0) is 4.79 Å². The molecule has 2 aromatic rings. The van der Waals surface area contributed by atoms with Crippen molar-refractivity contribution in [2.75, 3.05) is 37.3 Å². The van der Waals surface area contributed by atoms with Crippen LogP contribution in [0.1, 0.15) is 29.6 Å². The summed E-state index contributed by atoms with van der Waals surface area (Å²) in [7, 11) is 1.80. The van der Waals surface area contributed by atoms with E-state index >= 15 is 0 Å². The summed E-state index contributed by atoms with van der Waals surface area (Å²) >= 11 is 0. The van der Waals surface area contributed by atoms with Gasteiger partial charge in [0.15, 0.2) is 5.65 Å². The first-order valence-electron chi connectivity index (χ1n) is 8.55. The highest BCUT2D eigenvalue weighted by Gasteiger charge is 2.26. The minimum absolute atomic E-state index is 0.146. The van der Waals surface area contributed by atoms with Crippen LogP contribution in [0.5, 0.6) is 0 Å². The van der Waals surface area contributed by atoms with Gasteiger partial charge in [0.05, 0.1) is 6.20 Å². The molecule has 2 aliphatic heterocycles. The van der Waals surface area contributed by atoms with Gasteiger partial charge in [0.25, 0.3) is 5.91 Å². The third-order valence-corrected chi connectivity index (χ3v) is 4.72. The van der Waals surface area contributed by atoms with Crippen LogP contribution in [0.4, 0.5) is 11.6 Å². The van der Waals surface area contributed by atoms with Crippen molar-refractivity contribution in [1.82, 2.24) is 24.8 Å². The van der Waals surface area contributed by atoms with Gasteiger partial charge in [-0.2, -0.15) is 9.61 Å². The molecule has 0 saturated carbocycles. The largest absolute Gasteiger partial charge is 0.373 e. The van der Waals surface area contributed by atoms with E-state index in [0.717, 1.165) is 18.7 Å². The van der Waals surface area contributed by atoms with E-state index in [1.54, 1.807) is 11.6 Å². The molecule has 4 bridgehead atoms. The van der Waals surface area contributed by atoms with Gasteiger partial charge in [0.1, 0.15) is 17.2 Å². The Labute approximate surface area is 144 Å². The molecule has 2 aliphatic rings. The van der Waals surface area contributed by atoms with Crippen molar-refractivity contribution in [3.8, 4) is 0 Å². The van der Waals surface area contributed by atoms with E-state index in [4.69, 9.17) is 0 Å². The van der Waals surface area contributed by atoms with Gasteiger partial charge in [0.2, 0.25) is 5.91 Å². The highest BCUT2D eigenvalue weighted by Crippen LogP contribution is 2.22. The molecule has 0 aliphatic carbocycles. The molecule has 4 heterocycles. The average Bonchev–Trinajstić information content (AvgIpc) is 3.03. The summed E-state index contributed by atoms with van der Waals surface area (Å²) < 4.78 is 1.62. The zero-order valence-corrected chi connectivity index (χ0v) is 14.1. The number of hydrogen-bond donors (Lipinski definition) is 3. The molecule has 132 valence electrons. The first-order chi connectivity index (χ1) is 12.2. The van der Waals surface area contributed by atoms with Gasteiger partial charge in [-0.3, -0.25) is 9.59 Å². The van der Waals surface area contributed by atoms with E-state index in [1.807, 2.05) is 11.0 Å². The topological polar surface area (TPSA) is 104 Å². The molecule has 25 heavy (non-hydrogen) atoms. The van der Waals surface area contributed by atoms with Crippen LogP contribution >= 0.6 is 0 Å². The molecule has 4 rings (SSSR count). The second-order valence-corrected chi connectivity index (χ2v) is 6.40. The number of nitrogens with zero attached hydrogens (tertiary/aromatic N) is 4. The van der Waals surface area contributed by atoms with Crippen molar-refractivity contribution in [3.05, 3.63) is 17.8 Å². The molecule has 3 N–H and O–H groups in total. The maximum atomic E-state index is 12.5. The van der Waals surface area contributed by atoms with Gasteiger partial charge in [-0.25, -0.2) is 4.98 Å². The third kappa shape index (κ3) is 2.86. The van der Waals surface area contributed by atoms with Crippen molar-refractivity contribution in [3.63, 3.8) is 0 Å². The van der Waals surface area contributed by atoms with Crippen molar-refractivity contribution < 1.29 is 9.59 Å². The summed E-state index contributed by atoms with van der Waals surface area (Å²) in [6, 6.07) is 2.01. The highest BCUT2D eigenvalue weighted by molar-refractivity contribution is 6.00. The lowest BCUT2D eigenvalue weighted by molar-refractivity contribution is -0.133. The molecule has 1 saturated heterocycles. The summed E-state index contributed by atoms with van der Waals surface area (Å²) in [4.78, 5) is 31.0. The Morgan fingerprint density at radius 1 is 1.36 bits per heavy atom. The van der Waals surface area contributed by atoms with Gasteiger partial charge in [-0.05, 0) is 12.8 Å². The van der Waals surface area contributed by atoms with Crippen LogP contribution in [0, 0.1) is 0 Å². The molecule has 1 atom stereocenters. The molecule has 1 unspecified atom stereocenters. The molecular formula is C16H21N7O2. The fraction of sp³-hybridized carbons (Fsp3) is 0.500. The van der Waals surface area contributed by atoms with E-state index in [-0.39, 0.29) is 17.9 Å². The fourth-order valence-electron chi connectivity index (χ4n) is 3.40. The summed E-state index contributed by atoms with van der Waals surface area (Å²) in [6.07, 6.45) is 3.57. The maximum Gasteiger partial charge on any atom is 0.256 e. The number of aromatic nitrogens is 3. The molecular weight excluding hydrogens is 322 g/mol. The second kappa shape index (κ2) is 6.23. The summed E-state index contributed by atoms with van der Waals surface area (Å²) in [5, 5.41) is 13.7. The van der Waals surface area contributed by atoms with Crippen molar-refractivity contribution >= 4 is 29.1 Å². The maximum absolute atomic E-state index is 12.5. The highest BCUT2D eigenvalue weighted by atomic mass is 16.2. The van der Waals surface area contributed by atoms with Gasteiger partial charge in [-0.1, -0.05) is 0 Å². The first-order valence-corrected chi connectivity index (χ1v) is 8.55. The number of amides is 2. The summed E-state index contributed by atoms with van der Waals surface area (Å²) in [5.74, 6) is 1.38. The van der Waals surface area contributed by atoms with Crippen LogP contribution in [0.2, 0.25) is 0 Å². The van der Waals surface area contributed by atoms with Crippen molar-refractivity contribution in [1.29, 1.82) is 0 Å². The second-order valence-electron chi connectivity index (χ2n) is 6.40. The van der Waals surface area contributed by atoms with E-state index in [0.29, 0.717) is 43.1 Å². The Bertz CT molecular complexity index is 831. The smallest absolute Gasteiger partial charge is 0.256 e. The molecule has 9 nitrogen and oxygen atoms in total. The Kier molecular flexibility index (Phi) is 3.90. The van der Waals surface area contributed by atoms with Gasteiger partial charge in [-0.15, -0.1) is 0 Å². The number of carbonyl (C=O) groups is 2. The van der Waals surface area contributed by atoms with Crippen LogP contribution in [0.3, 0.4) is 0 Å². The van der Waals surface area contributed by atoms with Crippen LogP contribution in [-0.4, -0.2) is 64.0 Å². The number of rotatable bonds is 1. The summed E-state index contributed by atoms with van der Waals surface area (Å²) in [5.41, 5.74) is 0.952. The van der Waals surface area contributed by atoms with Crippen LogP contribution < -0.4 is 16.0 Å². The lowest BCUT2D eigenvalue weighted by Crippen LogP contribution is -2.46. The van der Waals surface area contributed by atoms with E-state index < -0.39 is 0 Å². The van der Waals surface area contributed by atoms with E-state index in [9.17, 15) is 9.59 Å². The molecule has 2 amide bonds. The zero-order chi connectivity index (χ0) is 17.4. The Morgan fingerprint density at radius 2 is 2.24 bits per heavy atom. The van der Waals surface area contributed by atoms with Gasteiger partial charge in [0, 0.05) is 45.2 Å². The Balaban J connectivity index is 1.76. The molecule has 9 heteroatoms. The minimum atomic E-state index is -0.203. The van der Waals surface area contributed by atoms with E-state index in [2.05, 4.69) is 26.0 Å². The number of nitrogens with one attached hydrogen (secondary N) is 3. The first kappa shape index (κ1) is 15.7. The van der Waals surface area contributed by atoms with E-state index in [1.165, 1.54) is 6.20 Å². The number of anilines is 2. The lowest BCUT2D eigenvalue weighted by Gasteiger charge is -2.33. The quantitative estimate of drug-likeness (QED) is 0.688. The average molecular weight is 343 g/mol. The predicted molar refractivity (Wildman–Crippen MR) is 92.7 cm³/mol. The van der Waals surface area contributed by atoms with Gasteiger partial charge < -0.3 is 20.9 Å². The Morgan fingerprint density at radius 3 is 3.08 bits per heavy atom. The minimum Gasteiger partial charge on any atom is -0.373 e. The number of fused-ring (bicyclic) bond motifs is 3. The van der Waals surface area contributed by atoms with Crippen LogP contribution in [0.25, 0.3) is 5.65 Å². The molecule has 0 spiro atoms. The summed E-state index contributed by atoms with van der Waals surface area (Å²) in [6.45, 7) is 1.81. The molecule has 0 aromatic carbocycles. The van der Waals surface area contributed by atoms with Crippen molar-refractivity contribution in [2.45, 2.75) is 25.3 Å². The van der Waals surface area contributed by atoms with Gasteiger partial charge >= 0.3 is 0 Å². The molecule has 1 fully saturated rings. The Hall–Kier alpha value is -2.84. The van der Waals surface area contributed by atoms with Crippen molar-refractivity contribution in [2.24, 2.45) is 0 Å². The SMILES string of the molecule is CNc1cc2nc3c(cnn13)C(=O)NCCCN1CC(CCC1=O)N2. The normalized spacial score (nSPS) is 21.2. The number of hydrogen-bond acceptors (Lipinski definition) is 6. The van der Waals surface area contributed by atoms with Crippen LogP contribution in [0.15, 0.2) is 12.3 Å². The molecule has 2 aromatic heterocycles. The lowest BCUT2D eigenvalue weighted by atomic mass is 10.0. The standard InChI is InChI=1S/C16H21N7O2/c1-17-13-7-12-20-10-3-4-14(24)22(9-10)6-2-5-18-16(25)11-8-19-23(13)15(11)21-12/h7-8,10,17H,2-6,9H2,1H3,(H,18,25)(H,20,21). The monoisotopic (exact) mass is 343 g/mol. The third-order valence-electron chi connectivity index (χ3n) is 4.72. The zero-order valence-electron chi connectivity index (χ0n) is 14.1.